The Morgan fingerprint density at radius 2 is 1.87 bits per heavy atom. The molecule has 0 bridgehead atoms. The smallest absolute Gasteiger partial charge is 0.258 e. The molecule has 0 N–H and O–H groups in total. The van der Waals surface area contributed by atoms with Gasteiger partial charge in [-0.2, -0.15) is 0 Å². The number of ether oxygens (including phenoxy) is 2. The van der Waals surface area contributed by atoms with Crippen LogP contribution in [-0.2, 0) is 4.79 Å². The minimum atomic E-state index is -0.0355. The van der Waals surface area contributed by atoms with E-state index < -0.39 is 0 Å². The number of hydrogen-bond donors (Lipinski definition) is 0. The van der Waals surface area contributed by atoms with E-state index in [9.17, 15) is 4.79 Å². The number of para-hydroxylation sites is 1. The number of carbonyl (C=O) groups excluding carboxylic acids is 1. The minimum Gasteiger partial charge on any atom is -0.497 e. The van der Waals surface area contributed by atoms with Gasteiger partial charge < -0.3 is 14.4 Å². The summed E-state index contributed by atoms with van der Waals surface area (Å²) in [5.41, 5.74) is 4.86. The van der Waals surface area contributed by atoms with Crippen molar-refractivity contribution in [1.29, 1.82) is 0 Å². The molecule has 1 amide bonds. The van der Waals surface area contributed by atoms with Gasteiger partial charge in [0.25, 0.3) is 5.91 Å². The molecule has 1 aliphatic rings. The molecule has 5 rings (SSSR count). The molecule has 0 spiro atoms. The molecule has 0 unspecified atom stereocenters. The highest BCUT2D eigenvalue weighted by Gasteiger charge is 2.30. The number of rotatable bonds is 4. The number of aromatic nitrogens is 2. The van der Waals surface area contributed by atoms with Gasteiger partial charge in [-0.25, -0.2) is 4.98 Å². The minimum absolute atomic E-state index is 0.0355. The number of benzene rings is 2. The maximum Gasteiger partial charge on any atom is 0.258 e. The van der Waals surface area contributed by atoms with Gasteiger partial charge in [0.1, 0.15) is 17.2 Å². The van der Waals surface area contributed by atoms with Crippen molar-refractivity contribution in [3.63, 3.8) is 0 Å². The summed E-state index contributed by atoms with van der Waals surface area (Å²) >= 11 is 1.61. The van der Waals surface area contributed by atoms with Crippen molar-refractivity contribution >= 4 is 39.5 Å². The highest BCUT2D eigenvalue weighted by molar-refractivity contribution is 7.17. The molecular weight excluding hydrogens is 410 g/mol. The van der Waals surface area contributed by atoms with Crippen LogP contribution in [0, 0.1) is 6.92 Å². The summed E-state index contributed by atoms with van der Waals surface area (Å²) in [7, 11) is 5.07. The zero-order valence-corrected chi connectivity index (χ0v) is 18.5. The van der Waals surface area contributed by atoms with Crippen molar-refractivity contribution in [1.82, 2.24) is 9.38 Å². The van der Waals surface area contributed by atoms with Crippen molar-refractivity contribution < 1.29 is 14.3 Å². The van der Waals surface area contributed by atoms with Crippen molar-refractivity contribution in [2.75, 3.05) is 26.2 Å². The van der Waals surface area contributed by atoms with Crippen LogP contribution in [-0.4, -0.2) is 36.6 Å². The zero-order valence-electron chi connectivity index (χ0n) is 17.7. The van der Waals surface area contributed by atoms with E-state index in [1.54, 1.807) is 37.5 Å². The highest BCUT2D eigenvalue weighted by Crippen LogP contribution is 2.41. The zero-order chi connectivity index (χ0) is 21.7. The van der Waals surface area contributed by atoms with Gasteiger partial charge in [0.15, 0.2) is 4.96 Å². The lowest BCUT2D eigenvalue weighted by Gasteiger charge is -2.10. The Kier molecular flexibility index (Phi) is 4.55. The molecule has 7 heteroatoms. The van der Waals surface area contributed by atoms with Crippen LogP contribution >= 0.6 is 11.3 Å². The van der Waals surface area contributed by atoms with Crippen LogP contribution < -0.4 is 14.4 Å². The van der Waals surface area contributed by atoms with E-state index >= 15 is 0 Å². The Bertz CT molecular complexity index is 1370. The summed E-state index contributed by atoms with van der Waals surface area (Å²) in [4.78, 5) is 21.7. The van der Waals surface area contributed by atoms with E-state index in [0.29, 0.717) is 17.1 Å². The molecule has 0 saturated carbocycles. The van der Waals surface area contributed by atoms with Crippen LogP contribution in [0.3, 0.4) is 0 Å². The third-order valence-corrected chi connectivity index (χ3v) is 6.41. The molecule has 156 valence electrons. The number of aryl methyl sites for hydroxylation is 1. The van der Waals surface area contributed by atoms with E-state index in [2.05, 4.69) is 0 Å². The number of anilines is 1. The maximum atomic E-state index is 13.1. The highest BCUT2D eigenvalue weighted by atomic mass is 32.1. The second-order valence-corrected chi connectivity index (χ2v) is 8.56. The van der Waals surface area contributed by atoms with Gasteiger partial charge in [-0.05, 0) is 37.3 Å². The summed E-state index contributed by atoms with van der Waals surface area (Å²) in [6.07, 6.45) is 3.98. The number of hydrogen-bond acceptors (Lipinski definition) is 5. The molecule has 0 atom stereocenters. The first kappa shape index (κ1) is 19.4. The van der Waals surface area contributed by atoms with E-state index in [4.69, 9.17) is 14.5 Å². The second kappa shape index (κ2) is 7.28. The van der Waals surface area contributed by atoms with Gasteiger partial charge in [-0.3, -0.25) is 9.20 Å². The van der Waals surface area contributed by atoms with Crippen LogP contribution in [0.1, 0.15) is 16.1 Å². The SMILES string of the molecule is COc1ccc(OC)c(-c2nc3sc(C)cn3c2/C=C2\C(=O)N(C)c3ccccc32)c1. The largest absolute Gasteiger partial charge is 0.497 e. The quantitative estimate of drug-likeness (QED) is 0.431. The average molecular weight is 432 g/mol. The van der Waals surface area contributed by atoms with Crippen LogP contribution in [0.5, 0.6) is 11.5 Å². The summed E-state index contributed by atoms with van der Waals surface area (Å²) in [6.45, 7) is 2.05. The van der Waals surface area contributed by atoms with Gasteiger partial charge in [0.05, 0.1) is 31.2 Å². The van der Waals surface area contributed by atoms with E-state index in [1.165, 1.54) is 0 Å². The Labute approximate surface area is 184 Å². The van der Waals surface area contributed by atoms with Crippen LogP contribution in [0.2, 0.25) is 0 Å². The number of imidazole rings is 1. The third-order valence-electron chi connectivity index (χ3n) is 5.51. The summed E-state index contributed by atoms with van der Waals surface area (Å²) < 4.78 is 13.1. The predicted molar refractivity (Wildman–Crippen MR) is 124 cm³/mol. The maximum absolute atomic E-state index is 13.1. The fourth-order valence-corrected chi connectivity index (χ4v) is 4.82. The molecule has 6 nitrogen and oxygen atoms in total. The molecular formula is C24H21N3O3S. The monoisotopic (exact) mass is 431 g/mol. The van der Waals surface area contributed by atoms with Gasteiger partial charge in [-0.15, -0.1) is 11.3 Å². The first-order valence-electron chi connectivity index (χ1n) is 9.82. The fraction of sp³-hybridized carbons (Fsp3) is 0.167. The molecule has 3 heterocycles. The summed E-state index contributed by atoms with van der Waals surface area (Å²) in [6, 6.07) is 13.5. The van der Waals surface area contributed by atoms with Gasteiger partial charge in [0.2, 0.25) is 0 Å². The lowest BCUT2D eigenvalue weighted by molar-refractivity contribution is -0.112. The molecule has 0 fully saturated rings. The topological polar surface area (TPSA) is 56.1 Å². The van der Waals surface area contributed by atoms with Gasteiger partial charge >= 0.3 is 0 Å². The summed E-state index contributed by atoms with van der Waals surface area (Å²) in [5.74, 6) is 1.37. The first-order chi connectivity index (χ1) is 15.0. The normalized spacial score (nSPS) is 14.5. The molecule has 31 heavy (non-hydrogen) atoms. The van der Waals surface area contributed by atoms with Crippen molar-refractivity contribution in [3.05, 3.63) is 64.8 Å². The lowest BCUT2D eigenvalue weighted by Crippen LogP contribution is -2.20. The number of fused-ring (bicyclic) bond motifs is 2. The molecule has 0 saturated heterocycles. The lowest BCUT2D eigenvalue weighted by atomic mass is 10.0. The molecule has 4 aromatic rings. The van der Waals surface area contributed by atoms with Crippen molar-refractivity contribution in [2.24, 2.45) is 0 Å². The Morgan fingerprint density at radius 1 is 1.06 bits per heavy atom. The van der Waals surface area contributed by atoms with Gasteiger partial charge in [0, 0.05) is 29.2 Å². The van der Waals surface area contributed by atoms with Crippen molar-refractivity contribution in [3.8, 4) is 22.8 Å². The average Bonchev–Trinajstić information content (AvgIpc) is 3.39. The van der Waals surface area contributed by atoms with E-state index in [0.717, 1.165) is 38.0 Å². The number of nitrogens with zero attached hydrogens (tertiary/aromatic N) is 3. The van der Waals surface area contributed by atoms with Crippen LogP contribution in [0.4, 0.5) is 5.69 Å². The van der Waals surface area contributed by atoms with E-state index in [-0.39, 0.29) is 5.91 Å². The van der Waals surface area contributed by atoms with Crippen LogP contribution in [0.25, 0.3) is 27.9 Å². The Hall–Kier alpha value is -3.58. The molecule has 0 aliphatic carbocycles. The summed E-state index contributed by atoms with van der Waals surface area (Å²) in [5, 5.41) is 0. The van der Waals surface area contributed by atoms with Gasteiger partial charge in [-0.1, -0.05) is 18.2 Å². The van der Waals surface area contributed by atoms with Crippen molar-refractivity contribution in [2.45, 2.75) is 6.92 Å². The third kappa shape index (κ3) is 3.00. The first-order valence-corrected chi connectivity index (χ1v) is 10.6. The molecule has 2 aromatic carbocycles. The molecule has 0 radical (unpaired) electrons. The Balaban J connectivity index is 1.79. The number of carbonyl (C=O) groups is 1. The number of methoxy groups -OCH3 is 2. The number of amides is 1. The number of thiazole rings is 1. The molecule has 1 aliphatic heterocycles. The Morgan fingerprint density at radius 3 is 2.65 bits per heavy atom. The fourth-order valence-electron chi connectivity index (χ4n) is 3.98. The second-order valence-electron chi connectivity index (χ2n) is 7.35. The van der Waals surface area contributed by atoms with E-state index in [1.807, 2.05) is 66.1 Å². The predicted octanol–water partition coefficient (Wildman–Crippen LogP) is 4.91. The molecule has 2 aromatic heterocycles. The van der Waals surface area contributed by atoms with Crippen LogP contribution in [0.15, 0.2) is 48.7 Å². The number of likely N-dealkylation sites (N-methyl/N-ethyl adjacent to an activating group) is 1. The standard InChI is InChI=1S/C24H21N3O3S/c1-14-13-27-20(12-17-16-7-5-6-8-19(16)26(2)23(17)28)22(25-24(27)31-14)18-11-15(29-3)9-10-21(18)30-4/h5-13H,1-4H3/b17-12-.